The van der Waals surface area contributed by atoms with Gasteiger partial charge in [0, 0.05) is 19.8 Å². The molecular weight excluding hydrogens is 253 g/mol. The molecule has 1 aromatic rings. The minimum absolute atomic E-state index is 0.194. The molecule has 0 saturated heterocycles. The van der Waals surface area contributed by atoms with Gasteiger partial charge in [0.15, 0.2) is 0 Å². The van der Waals surface area contributed by atoms with Crippen LogP contribution in [0, 0.1) is 5.82 Å². The molecule has 1 atom stereocenters. The number of hydrogen-bond acceptors (Lipinski definition) is 2. The maximum Gasteiger partial charge on any atom is 0.145 e. The Hall–Kier alpha value is -0.640. The normalized spacial score (nSPS) is 12.7. The number of nitrogens with one attached hydrogen (secondary N) is 1. The summed E-state index contributed by atoms with van der Waals surface area (Å²) in [6.07, 6.45) is 2.59. The van der Waals surface area contributed by atoms with Crippen LogP contribution in [-0.2, 0) is 11.2 Å². The first-order valence-electron chi connectivity index (χ1n) is 6.34. The van der Waals surface area contributed by atoms with Crippen molar-refractivity contribution in [2.45, 2.75) is 32.2 Å². The lowest BCUT2D eigenvalue weighted by molar-refractivity contribution is 0.188. The van der Waals surface area contributed by atoms with E-state index in [0.29, 0.717) is 12.0 Å². The summed E-state index contributed by atoms with van der Waals surface area (Å²) in [7, 11) is 1.69. The van der Waals surface area contributed by atoms with Gasteiger partial charge in [-0.25, -0.2) is 4.39 Å². The summed E-state index contributed by atoms with van der Waals surface area (Å²) in [6.45, 7) is 3.66. The van der Waals surface area contributed by atoms with Crippen LogP contribution in [0.5, 0.6) is 0 Å². The summed E-state index contributed by atoms with van der Waals surface area (Å²) in [5.74, 6) is -0.297. The van der Waals surface area contributed by atoms with Crippen molar-refractivity contribution in [3.05, 3.63) is 34.6 Å². The Balaban J connectivity index is 2.61. The van der Waals surface area contributed by atoms with E-state index in [1.807, 2.05) is 0 Å². The van der Waals surface area contributed by atoms with E-state index in [9.17, 15) is 4.39 Å². The number of hydrogen-bond donors (Lipinski definition) is 1. The van der Waals surface area contributed by atoms with Gasteiger partial charge in [-0.15, -0.1) is 0 Å². The van der Waals surface area contributed by atoms with Gasteiger partial charge in [0.05, 0.1) is 5.02 Å². The fourth-order valence-electron chi connectivity index (χ4n) is 2.01. The summed E-state index contributed by atoms with van der Waals surface area (Å²) in [5, 5.41) is 3.57. The van der Waals surface area contributed by atoms with Crippen LogP contribution >= 0.6 is 11.6 Å². The van der Waals surface area contributed by atoms with E-state index in [2.05, 4.69) is 12.2 Å². The molecule has 0 saturated carbocycles. The van der Waals surface area contributed by atoms with E-state index >= 15 is 0 Å². The summed E-state index contributed by atoms with van der Waals surface area (Å²) in [4.78, 5) is 0. The quantitative estimate of drug-likeness (QED) is 0.733. The average Bonchev–Trinajstić information content (AvgIpc) is 2.35. The van der Waals surface area contributed by atoms with Crippen LogP contribution in [0.25, 0.3) is 0 Å². The monoisotopic (exact) mass is 273 g/mol. The molecule has 0 aromatic heterocycles. The maximum atomic E-state index is 13.8. The second-order valence-corrected chi connectivity index (χ2v) is 4.71. The Labute approximate surface area is 113 Å². The molecule has 0 radical (unpaired) electrons. The lowest BCUT2D eigenvalue weighted by Crippen LogP contribution is -2.31. The first kappa shape index (κ1) is 15.4. The molecule has 4 heteroatoms. The van der Waals surface area contributed by atoms with E-state index in [0.717, 1.165) is 26.0 Å². The molecule has 0 bridgehead atoms. The van der Waals surface area contributed by atoms with Crippen LogP contribution in [0.1, 0.15) is 25.3 Å². The van der Waals surface area contributed by atoms with Crippen molar-refractivity contribution in [3.8, 4) is 0 Å². The van der Waals surface area contributed by atoms with E-state index < -0.39 is 0 Å². The third-order valence-corrected chi connectivity index (χ3v) is 3.18. The molecular formula is C14H21ClFNO. The van der Waals surface area contributed by atoms with Gasteiger partial charge in [-0.05, 0) is 37.4 Å². The van der Waals surface area contributed by atoms with Gasteiger partial charge < -0.3 is 10.1 Å². The summed E-state index contributed by atoms with van der Waals surface area (Å²) < 4.78 is 18.8. The third kappa shape index (κ3) is 4.92. The number of benzene rings is 1. The van der Waals surface area contributed by atoms with Crippen molar-refractivity contribution in [3.63, 3.8) is 0 Å². The van der Waals surface area contributed by atoms with Gasteiger partial charge in [-0.1, -0.05) is 30.7 Å². The van der Waals surface area contributed by atoms with Crippen LogP contribution in [-0.4, -0.2) is 26.3 Å². The Kier molecular flexibility index (Phi) is 7.25. The SMILES string of the molecule is CCNC(CCCOC)Cc1cccc(Cl)c1F. The van der Waals surface area contributed by atoms with Crippen molar-refractivity contribution in [1.82, 2.24) is 5.32 Å². The van der Waals surface area contributed by atoms with Crippen LogP contribution in [0.3, 0.4) is 0 Å². The number of likely N-dealkylation sites (N-methyl/N-ethyl adjacent to an activating group) is 1. The Morgan fingerprint density at radius 2 is 2.22 bits per heavy atom. The largest absolute Gasteiger partial charge is 0.385 e. The van der Waals surface area contributed by atoms with Gasteiger partial charge >= 0.3 is 0 Å². The smallest absolute Gasteiger partial charge is 0.145 e. The Bertz CT molecular complexity index is 360. The molecule has 18 heavy (non-hydrogen) atoms. The van der Waals surface area contributed by atoms with Gasteiger partial charge in [0.1, 0.15) is 5.82 Å². The zero-order chi connectivity index (χ0) is 13.4. The van der Waals surface area contributed by atoms with Crippen molar-refractivity contribution >= 4 is 11.6 Å². The van der Waals surface area contributed by atoms with Crippen LogP contribution < -0.4 is 5.32 Å². The highest BCUT2D eigenvalue weighted by Crippen LogP contribution is 2.19. The zero-order valence-corrected chi connectivity index (χ0v) is 11.8. The summed E-state index contributed by atoms with van der Waals surface area (Å²) in [6, 6.07) is 5.42. The predicted molar refractivity (Wildman–Crippen MR) is 73.7 cm³/mol. The van der Waals surface area contributed by atoms with Crippen molar-refractivity contribution in [2.24, 2.45) is 0 Å². The van der Waals surface area contributed by atoms with Gasteiger partial charge in [-0.2, -0.15) is 0 Å². The molecule has 0 fully saturated rings. The minimum Gasteiger partial charge on any atom is -0.385 e. The van der Waals surface area contributed by atoms with Crippen molar-refractivity contribution in [2.75, 3.05) is 20.3 Å². The highest BCUT2D eigenvalue weighted by Gasteiger charge is 2.12. The second kappa shape index (κ2) is 8.46. The highest BCUT2D eigenvalue weighted by atomic mass is 35.5. The second-order valence-electron chi connectivity index (χ2n) is 4.31. The fraction of sp³-hybridized carbons (Fsp3) is 0.571. The van der Waals surface area contributed by atoms with Gasteiger partial charge in [0.2, 0.25) is 0 Å². The molecule has 1 rings (SSSR count). The summed E-state index contributed by atoms with van der Waals surface area (Å²) >= 11 is 5.79. The molecule has 0 aliphatic heterocycles. The average molecular weight is 274 g/mol. The standard InChI is InChI=1S/C14H21ClFNO/c1-3-17-12(7-5-9-18-2)10-11-6-4-8-13(15)14(11)16/h4,6,8,12,17H,3,5,7,9-10H2,1-2H3. The van der Waals surface area contributed by atoms with Crippen LogP contribution in [0.2, 0.25) is 5.02 Å². The van der Waals surface area contributed by atoms with E-state index in [-0.39, 0.29) is 16.9 Å². The molecule has 0 spiro atoms. The van der Waals surface area contributed by atoms with Crippen LogP contribution in [0.15, 0.2) is 18.2 Å². The predicted octanol–water partition coefficient (Wildman–Crippen LogP) is 3.43. The third-order valence-electron chi connectivity index (χ3n) is 2.89. The minimum atomic E-state index is -0.297. The first-order chi connectivity index (χ1) is 8.69. The highest BCUT2D eigenvalue weighted by molar-refractivity contribution is 6.30. The van der Waals surface area contributed by atoms with Gasteiger partial charge in [0.25, 0.3) is 0 Å². The topological polar surface area (TPSA) is 21.3 Å². The maximum absolute atomic E-state index is 13.8. The zero-order valence-electron chi connectivity index (χ0n) is 11.0. The molecule has 2 nitrogen and oxygen atoms in total. The molecule has 1 N–H and O–H groups in total. The molecule has 1 unspecified atom stereocenters. The van der Waals surface area contributed by atoms with E-state index in [1.165, 1.54) is 0 Å². The fourth-order valence-corrected chi connectivity index (χ4v) is 2.20. The van der Waals surface area contributed by atoms with E-state index in [1.54, 1.807) is 25.3 Å². The number of ether oxygens (including phenoxy) is 1. The first-order valence-corrected chi connectivity index (χ1v) is 6.72. The lowest BCUT2D eigenvalue weighted by atomic mass is 10.0. The number of rotatable bonds is 8. The van der Waals surface area contributed by atoms with Crippen molar-refractivity contribution in [1.29, 1.82) is 0 Å². The molecule has 1 aromatic carbocycles. The lowest BCUT2D eigenvalue weighted by Gasteiger charge is -2.18. The number of halogens is 2. The van der Waals surface area contributed by atoms with Crippen molar-refractivity contribution < 1.29 is 9.13 Å². The van der Waals surface area contributed by atoms with E-state index in [4.69, 9.17) is 16.3 Å². The Morgan fingerprint density at radius 1 is 1.44 bits per heavy atom. The molecule has 102 valence electrons. The molecule has 0 aliphatic carbocycles. The summed E-state index contributed by atoms with van der Waals surface area (Å²) in [5.41, 5.74) is 0.672. The molecule has 0 heterocycles. The van der Waals surface area contributed by atoms with Gasteiger partial charge in [-0.3, -0.25) is 0 Å². The number of methoxy groups -OCH3 is 1. The molecule has 0 amide bonds. The molecule has 0 aliphatic rings. The Morgan fingerprint density at radius 3 is 2.89 bits per heavy atom. The van der Waals surface area contributed by atoms with Crippen LogP contribution in [0.4, 0.5) is 4.39 Å².